The van der Waals surface area contributed by atoms with Crippen LogP contribution in [0.4, 0.5) is 0 Å². The fourth-order valence-corrected chi connectivity index (χ4v) is 1.95. The monoisotopic (exact) mass is 316 g/mol. The smallest absolute Gasteiger partial charge is 0.244 e. The summed E-state index contributed by atoms with van der Waals surface area (Å²) < 4.78 is 0. The summed E-state index contributed by atoms with van der Waals surface area (Å²) in [4.78, 5) is 23.4. The minimum absolute atomic E-state index is 0.0244. The maximum absolute atomic E-state index is 11.7. The predicted octanol–water partition coefficient (Wildman–Crippen LogP) is 3.03. The van der Waals surface area contributed by atoms with E-state index in [0.717, 1.165) is 5.56 Å². The number of amides is 2. The molecule has 2 amide bonds. The van der Waals surface area contributed by atoms with E-state index in [1.165, 1.54) is 11.6 Å². The van der Waals surface area contributed by atoms with Crippen molar-refractivity contribution in [1.82, 2.24) is 10.6 Å². The van der Waals surface area contributed by atoms with Gasteiger partial charge in [0.25, 0.3) is 0 Å². The first-order chi connectivity index (χ1) is 10.5. The molecule has 126 valence electrons. The van der Waals surface area contributed by atoms with Crippen molar-refractivity contribution in [2.24, 2.45) is 0 Å². The number of nitrogens with one attached hydrogen (secondary N) is 2. The van der Waals surface area contributed by atoms with E-state index in [1.807, 2.05) is 32.9 Å². The Morgan fingerprint density at radius 2 is 1.57 bits per heavy atom. The summed E-state index contributed by atoms with van der Waals surface area (Å²) in [5, 5.41) is 5.36. The fourth-order valence-electron chi connectivity index (χ4n) is 1.95. The average molecular weight is 316 g/mol. The molecule has 4 heteroatoms. The van der Waals surface area contributed by atoms with Crippen LogP contribution in [-0.2, 0) is 15.0 Å². The molecule has 1 rings (SSSR count). The van der Waals surface area contributed by atoms with Gasteiger partial charge >= 0.3 is 0 Å². The van der Waals surface area contributed by atoms with Crippen LogP contribution in [0.15, 0.2) is 30.3 Å². The predicted molar refractivity (Wildman–Crippen MR) is 95.1 cm³/mol. The molecule has 0 aliphatic rings. The Morgan fingerprint density at radius 1 is 1.00 bits per heavy atom. The minimum atomic E-state index is -0.299. The van der Waals surface area contributed by atoms with Crippen LogP contribution in [0.1, 0.15) is 52.7 Å². The first-order valence-corrected chi connectivity index (χ1v) is 7.85. The summed E-state index contributed by atoms with van der Waals surface area (Å²) in [6.07, 6.45) is 3.18. The lowest BCUT2D eigenvalue weighted by molar-refractivity contribution is -0.124. The van der Waals surface area contributed by atoms with E-state index in [-0.39, 0.29) is 29.3 Å². The molecular formula is C19H28N2O2. The highest BCUT2D eigenvalue weighted by Crippen LogP contribution is 2.22. The lowest BCUT2D eigenvalue weighted by atomic mass is 9.87. The van der Waals surface area contributed by atoms with Gasteiger partial charge in [-0.05, 0) is 43.4 Å². The summed E-state index contributed by atoms with van der Waals surface area (Å²) in [7, 11) is 0. The number of hydrogen-bond donors (Lipinski definition) is 2. The molecule has 0 heterocycles. The third-order valence-corrected chi connectivity index (χ3v) is 3.14. The van der Waals surface area contributed by atoms with Crippen molar-refractivity contribution in [1.29, 1.82) is 0 Å². The van der Waals surface area contributed by atoms with Gasteiger partial charge in [0.2, 0.25) is 11.8 Å². The molecular weight excluding hydrogens is 288 g/mol. The van der Waals surface area contributed by atoms with Gasteiger partial charge in [0.1, 0.15) is 0 Å². The second-order valence-electron chi connectivity index (χ2n) is 7.72. The first-order valence-electron chi connectivity index (χ1n) is 7.85. The van der Waals surface area contributed by atoms with Crippen molar-refractivity contribution in [3.63, 3.8) is 0 Å². The van der Waals surface area contributed by atoms with Gasteiger partial charge < -0.3 is 10.6 Å². The maximum atomic E-state index is 11.7. The molecule has 0 spiro atoms. The van der Waals surface area contributed by atoms with Gasteiger partial charge in [-0.1, -0.05) is 45.0 Å². The molecule has 1 aromatic carbocycles. The summed E-state index contributed by atoms with van der Waals surface area (Å²) in [6, 6.07) is 8.09. The Bertz CT molecular complexity index is 573. The highest BCUT2D eigenvalue weighted by Gasteiger charge is 2.14. The average Bonchev–Trinajstić information content (AvgIpc) is 2.40. The van der Waals surface area contributed by atoms with Crippen molar-refractivity contribution in [3.05, 3.63) is 41.5 Å². The molecule has 0 aliphatic heterocycles. The molecule has 0 saturated carbocycles. The van der Waals surface area contributed by atoms with Crippen LogP contribution in [0, 0.1) is 0 Å². The summed E-state index contributed by atoms with van der Waals surface area (Å²) in [5.41, 5.74) is 2.01. The third kappa shape index (κ3) is 7.63. The number of carbonyl (C=O) groups is 2. The Labute approximate surface area is 139 Å². The molecule has 0 atom stereocenters. The fraction of sp³-hybridized carbons (Fsp3) is 0.474. The van der Waals surface area contributed by atoms with E-state index in [2.05, 4.69) is 43.5 Å². The molecule has 0 radical (unpaired) electrons. The van der Waals surface area contributed by atoms with E-state index in [9.17, 15) is 9.59 Å². The molecule has 0 unspecified atom stereocenters. The van der Waals surface area contributed by atoms with Crippen LogP contribution in [0.2, 0.25) is 0 Å². The van der Waals surface area contributed by atoms with Crippen LogP contribution in [0.3, 0.4) is 0 Å². The van der Waals surface area contributed by atoms with Gasteiger partial charge in [-0.25, -0.2) is 0 Å². The molecule has 0 bridgehead atoms. The zero-order valence-electron chi connectivity index (χ0n) is 15.0. The summed E-state index contributed by atoms with van der Waals surface area (Å²) in [6.45, 7) is 12.1. The Balaban J connectivity index is 2.51. The van der Waals surface area contributed by atoms with Crippen molar-refractivity contribution < 1.29 is 9.59 Å². The number of benzene rings is 1. The first kappa shape index (κ1) is 18.9. The quantitative estimate of drug-likeness (QED) is 0.839. The number of hydrogen-bond acceptors (Lipinski definition) is 2. The Kier molecular flexibility index (Phi) is 6.13. The van der Waals surface area contributed by atoms with Gasteiger partial charge in [-0.2, -0.15) is 0 Å². The molecule has 0 fully saturated rings. The molecule has 0 saturated heterocycles. The molecule has 23 heavy (non-hydrogen) atoms. The second kappa shape index (κ2) is 7.44. The highest BCUT2D eigenvalue weighted by molar-refractivity contribution is 5.94. The third-order valence-electron chi connectivity index (χ3n) is 3.14. The number of carbonyl (C=O) groups excluding carboxylic acids is 2. The highest BCUT2D eigenvalue weighted by atomic mass is 16.2. The Hall–Kier alpha value is -2.10. The maximum Gasteiger partial charge on any atom is 0.244 e. The van der Waals surface area contributed by atoms with E-state index in [4.69, 9.17) is 0 Å². The lowest BCUT2D eigenvalue weighted by Crippen LogP contribution is -2.45. The second-order valence-corrected chi connectivity index (χ2v) is 7.72. The van der Waals surface area contributed by atoms with Crippen LogP contribution in [0.25, 0.3) is 6.08 Å². The Morgan fingerprint density at radius 3 is 2.04 bits per heavy atom. The largest absolute Gasteiger partial charge is 0.350 e. The number of rotatable bonds is 4. The van der Waals surface area contributed by atoms with Gasteiger partial charge in [-0.15, -0.1) is 0 Å². The molecule has 2 N–H and O–H groups in total. The van der Waals surface area contributed by atoms with Crippen LogP contribution in [-0.4, -0.2) is 23.9 Å². The van der Waals surface area contributed by atoms with E-state index in [0.29, 0.717) is 0 Å². The normalized spacial score (nSPS) is 12.3. The topological polar surface area (TPSA) is 58.2 Å². The van der Waals surface area contributed by atoms with Crippen molar-refractivity contribution in [3.8, 4) is 0 Å². The molecule has 0 aromatic heterocycles. The lowest BCUT2D eigenvalue weighted by Gasteiger charge is -2.20. The molecule has 0 aliphatic carbocycles. The summed E-state index contributed by atoms with van der Waals surface area (Å²) in [5.74, 6) is -0.484. The van der Waals surface area contributed by atoms with Crippen molar-refractivity contribution in [2.75, 3.05) is 6.54 Å². The van der Waals surface area contributed by atoms with E-state index < -0.39 is 0 Å². The van der Waals surface area contributed by atoms with Crippen molar-refractivity contribution >= 4 is 17.9 Å². The van der Waals surface area contributed by atoms with Gasteiger partial charge in [0.15, 0.2) is 0 Å². The van der Waals surface area contributed by atoms with Gasteiger partial charge in [0.05, 0.1) is 6.54 Å². The van der Waals surface area contributed by atoms with Crippen LogP contribution in [0.5, 0.6) is 0 Å². The SMILES string of the molecule is CC(C)(C)NC(=O)CNC(=O)/C=C/c1ccc(C(C)(C)C)cc1. The van der Waals surface area contributed by atoms with Crippen LogP contribution >= 0.6 is 0 Å². The van der Waals surface area contributed by atoms with Crippen LogP contribution < -0.4 is 10.6 Å². The summed E-state index contributed by atoms with van der Waals surface area (Å²) >= 11 is 0. The van der Waals surface area contributed by atoms with E-state index in [1.54, 1.807) is 6.08 Å². The molecule has 1 aromatic rings. The van der Waals surface area contributed by atoms with Gasteiger partial charge in [-0.3, -0.25) is 9.59 Å². The molecule has 4 nitrogen and oxygen atoms in total. The standard InChI is InChI=1S/C19H28N2O2/c1-18(2,3)15-10-7-14(8-11-15)9-12-16(22)20-13-17(23)21-19(4,5)6/h7-12H,13H2,1-6H3,(H,20,22)(H,21,23)/b12-9+. The van der Waals surface area contributed by atoms with Crippen molar-refractivity contribution in [2.45, 2.75) is 52.5 Å². The minimum Gasteiger partial charge on any atom is -0.350 e. The zero-order valence-corrected chi connectivity index (χ0v) is 15.0. The van der Waals surface area contributed by atoms with E-state index >= 15 is 0 Å². The van der Waals surface area contributed by atoms with Gasteiger partial charge in [0, 0.05) is 11.6 Å². The zero-order chi connectivity index (χ0) is 17.7.